The van der Waals surface area contributed by atoms with Gasteiger partial charge in [0.2, 0.25) is 5.91 Å². The number of benzene rings is 1. The third kappa shape index (κ3) is 5.61. The van der Waals surface area contributed by atoms with Gasteiger partial charge >= 0.3 is 5.97 Å². The van der Waals surface area contributed by atoms with E-state index in [9.17, 15) is 9.59 Å². The van der Waals surface area contributed by atoms with E-state index in [0.717, 1.165) is 21.3 Å². The zero-order chi connectivity index (χ0) is 15.1. The summed E-state index contributed by atoms with van der Waals surface area (Å²) in [4.78, 5) is 21.6. The van der Waals surface area contributed by atoms with Gasteiger partial charge in [-0.05, 0) is 37.1 Å². The molecule has 0 aliphatic rings. The predicted molar refractivity (Wildman–Crippen MR) is 79.0 cm³/mol. The van der Waals surface area contributed by atoms with Gasteiger partial charge in [0.15, 0.2) is 0 Å². The van der Waals surface area contributed by atoms with Crippen molar-refractivity contribution in [2.24, 2.45) is 0 Å². The van der Waals surface area contributed by atoms with Crippen LogP contribution in [-0.2, 0) is 9.59 Å². The molecule has 0 unspecified atom stereocenters. The summed E-state index contributed by atoms with van der Waals surface area (Å²) in [5, 5.41) is 11.1. The highest BCUT2D eigenvalue weighted by atomic mass is 79.9. The number of carbonyl (C=O) groups is 2. The summed E-state index contributed by atoms with van der Waals surface area (Å²) in [5.41, 5.74) is 2.04. The van der Waals surface area contributed by atoms with Crippen LogP contribution < -0.4 is 10.1 Å². The van der Waals surface area contributed by atoms with Crippen molar-refractivity contribution in [1.29, 1.82) is 0 Å². The van der Waals surface area contributed by atoms with Crippen LogP contribution in [0.5, 0.6) is 5.75 Å². The third-order valence-corrected chi connectivity index (χ3v) is 3.12. The lowest BCUT2D eigenvalue weighted by Gasteiger charge is -2.13. The van der Waals surface area contributed by atoms with Crippen molar-refractivity contribution in [3.8, 4) is 5.75 Å². The average Bonchev–Trinajstić information content (AvgIpc) is 2.34. The fourth-order valence-corrected chi connectivity index (χ4v) is 2.46. The molecule has 0 bridgehead atoms. The monoisotopic (exact) mass is 343 g/mol. The number of ether oxygens (including phenoxy) is 1. The van der Waals surface area contributed by atoms with E-state index < -0.39 is 5.97 Å². The molecule has 0 aliphatic carbocycles. The lowest BCUT2D eigenvalue weighted by Crippen LogP contribution is -2.28. The SMILES string of the molecule is Cc1cc(Br)cc(C)c1OCCNC(=O)CCC(=O)O. The number of nitrogens with one attached hydrogen (secondary N) is 1. The van der Waals surface area contributed by atoms with Crippen LogP contribution in [0.3, 0.4) is 0 Å². The molecule has 0 spiro atoms. The minimum absolute atomic E-state index is 0.00826. The minimum atomic E-state index is -0.975. The van der Waals surface area contributed by atoms with Crippen molar-refractivity contribution in [3.63, 3.8) is 0 Å². The number of carbonyl (C=O) groups excluding carboxylic acids is 1. The van der Waals surface area contributed by atoms with Crippen LogP contribution in [0.25, 0.3) is 0 Å². The molecule has 1 aromatic carbocycles. The first-order valence-corrected chi connectivity index (χ1v) is 7.07. The lowest BCUT2D eigenvalue weighted by atomic mass is 10.1. The molecule has 1 aromatic rings. The molecular weight excluding hydrogens is 326 g/mol. The molecule has 1 rings (SSSR count). The first-order chi connectivity index (χ1) is 9.40. The molecule has 110 valence electrons. The van der Waals surface area contributed by atoms with E-state index in [1.165, 1.54) is 0 Å². The molecule has 5 nitrogen and oxygen atoms in total. The van der Waals surface area contributed by atoms with E-state index in [-0.39, 0.29) is 18.7 Å². The van der Waals surface area contributed by atoms with Gasteiger partial charge in [0.25, 0.3) is 0 Å². The molecule has 6 heteroatoms. The quantitative estimate of drug-likeness (QED) is 0.745. The summed E-state index contributed by atoms with van der Waals surface area (Å²) in [7, 11) is 0. The van der Waals surface area contributed by atoms with E-state index in [1.807, 2.05) is 26.0 Å². The smallest absolute Gasteiger partial charge is 0.303 e. The second-order valence-electron chi connectivity index (χ2n) is 4.46. The van der Waals surface area contributed by atoms with Gasteiger partial charge in [-0.25, -0.2) is 0 Å². The molecule has 0 fully saturated rings. The summed E-state index contributed by atoms with van der Waals surface area (Å²) in [5.74, 6) is -0.439. The Morgan fingerprint density at radius 2 is 1.85 bits per heavy atom. The van der Waals surface area contributed by atoms with Gasteiger partial charge in [-0.1, -0.05) is 15.9 Å². The van der Waals surface area contributed by atoms with Crippen molar-refractivity contribution in [3.05, 3.63) is 27.7 Å². The fourth-order valence-electron chi connectivity index (χ4n) is 1.78. The molecule has 2 N–H and O–H groups in total. The number of rotatable bonds is 7. The average molecular weight is 344 g/mol. The maximum atomic E-state index is 11.3. The number of hydrogen-bond donors (Lipinski definition) is 2. The molecule has 1 amide bonds. The van der Waals surface area contributed by atoms with Crippen LogP contribution in [-0.4, -0.2) is 30.1 Å². The third-order valence-electron chi connectivity index (χ3n) is 2.66. The molecule has 0 aliphatic heterocycles. The van der Waals surface area contributed by atoms with Crippen LogP contribution in [0, 0.1) is 13.8 Å². The predicted octanol–water partition coefficient (Wildman–Crippen LogP) is 2.43. The number of amides is 1. The van der Waals surface area contributed by atoms with Crippen LogP contribution >= 0.6 is 15.9 Å². The van der Waals surface area contributed by atoms with Gasteiger partial charge in [0.1, 0.15) is 12.4 Å². The summed E-state index contributed by atoms with van der Waals surface area (Å²) in [6.45, 7) is 4.62. The van der Waals surface area contributed by atoms with Crippen LogP contribution in [0.4, 0.5) is 0 Å². The molecule has 0 saturated carbocycles. The lowest BCUT2D eigenvalue weighted by molar-refractivity contribution is -0.138. The highest BCUT2D eigenvalue weighted by molar-refractivity contribution is 9.10. The number of carboxylic acids is 1. The van der Waals surface area contributed by atoms with Crippen LogP contribution in [0.2, 0.25) is 0 Å². The number of hydrogen-bond acceptors (Lipinski definition) is 3. The Bertz CT molecular complexity index is 479. The maximum absolute atomic E-state index is 11.3. The Kier molecular flexibility index (Phi) is 6.51. The second kappa shape index (κ2) is 7.89. The second-order valence-corrected chi connectivity index (χ2v) is 5.38. The van der Waals surface area contributed by atoms with Gasteiger partial charge in [0.05, 0.1) is 13.0 Å². The molecular formula is C14H18BrNO4. The van der Waals surface area contributed by atoms with Crippen molar-refractivity contribution >= 4 is 27.8 Å². The molecule has 0 heterocycles. The highest BCUT2D eigenvalue weighted by Crippen LogP contribution is 2.27. The number of carboxylic acid groups (broad SMARTS) is 1. The van der Waals surface area contributed by atoms with E-state index >= 15 is 0 Å². The van der Waals surface area contributed by atoms with Crippen molar-refractivity contribution in [2.75, 3.05) is 13.2 Å². The molecule has 20 heavy (non-hydrogen) atoms. The number of halogens is 1. The van der Waals surface area contributed by atoms with Gasteiger partial charge in [-0.15, -0.1) is 0 Å². The van der Waals surface area contributed by atoms with Crippen LogP contribution in [0.1, 0.15) is 24.0 Å². The van der Waals surface area contributed by atoms with Gasteiger partial charge in [-0.2, -0.15) is 0 Å². The highest BCUT2D eigenvalue weighted by Gasteiger charge is 2.07. The number of aryl methyl sites for hydroxylation is 2. The summed E-state index contributed by atoms with van der Waals surface area (Å²) >= 11 is 3.42. The zero-order valence-electron chi connectivity index (χ0n) is 11.5. The molecule has 0 saturated heterocycles. The topological polar surface area (TPSA) is 75.6 Å². The normalized spacial score (nSPS) is 10.2. The Labute approximate surface area is 126 Å². The molecule has 0 aromatic heterocycles. The first-order valence-electron chi connectivity index (χ1n) is 6.28. The Morgan fingerprint density at radius 3 is 2.40 bits per heavy atom. The Hall–Kier alpha value is -1.56. The van der Waals surface area contributed by atoms with Gasteiger partial charge < -0.3 is 15.2 Å². The summed E-state index contributed by atoms with van der Waals surface area (Å²) in [6.07, 6.45) is -0.163. The minimum Gasteiger partial charge on any atom is -0.491 e. The van der Waals surface area contributed by atoms with Crippen LogP contribution in [0.15, 0.2) is 16.6 Å². The standard InChI is InChI=1S/C14H18BrNO4/c1-9-7-11(15)8-10(2)14(9)20-6-5-16-12(17)3-4-13(18)19/h7-8H,3-6H2,1-2H3,(H,16,17)(H,18,19). The fraction of sp³-hybridized carbons (Fsp3) is 0.429. The van der Waals surface area contributed by atoms with E-state index in [4.69, 9.17) is 9.84 Å². The van der Waals surface area contributed by atoms with Gasteiger partial charge in [-0.3, -0.25) is 9.59 Å². The van der Waals surface area contributed by atoms with Crippen molar-refractivity contribution in [2.45, 2.75) is 26.7 Å². The van der Waals surface area contributed by atoms with E-state index in [0.29, 0.717) is 13.2 Å². The largest absolute Gasteiger partial charge is 0.491 e. The summed E-state index contributed by atoms with van der Waals surface area (Å²) in [6, 6.07) is 3.93. The van der Waals surface area contributed by atoms with E-state index in [2.05, 4.69) is 21.2 Å². The number of aliphatic carboxylic acids is 1. The summed E-state index contributed by atoms with van der Waals surface area (Å²) < 4.78 is 6.65. The van der Waals surface area contributed by atoms with Crippen molar-refractivity contribution < 1.29 is 19.4 Å². The Morgan fingerprint density at radius 1 is 1.25 bits per heavy atom. The zero-order valence-corrected chi connectivity index (χ0v) is 13.1. The Balaban J connectivity index is 2.35. The van der Waals surface area contributed by atoms with Gasteiger partial charge in [0, 0.05) is 10.9 Å². The first kappa shape index (κ1) is 16.5. The van der Waals surface area contributed by atoms with Crippen molar-refractivity contribution in [1.82, 2.24) is 5.32 Å². The maximum Gasteiger partial charge on any atom is 0.303 e. The van der Waals surface area contributed by atoms with E-state index in [1.54, 1.807) is 0 Å². The molecule has 0 atom stereocenters. The molecule has 0 radical (unpaired) electrons.